The fraction of sp³-hybridized carbons (Fsp3) is 0.692. The Hall–Kier alpha value is -1.41. The molecule has 1 saturated heterocycles. The van der Waals surface area contributed by atoms with Crippen LogP contribution in [0.15, 0.2) is 12.3 Å². The van der Waals surface area contributed by atoms with E-state index >= 15 is 0 Å². The zero-order valence-corrected chi connectivity index (χ0v) is 13.4. The standard InChI is InChI=1S/C13H23N5O2S/c1-18(2)8-3-6-14-12-4-7-15-13(17-12)16-11-5-9-21(19,20)10-11/h4,7,11H,3,5-6,8-10H2,1-2H3,(H2,14,15,16,17). The molecule has 1 fully saturated rings. The lowest BCUT2D eigenvalue weighted by Crippen LogP contribution is -2.22. The van der Waals surface area contributed by atoms with Crippen molar-refractivity contribution in [2.24, 2.45) is 0 Å². The summed E-state index contributed by atoms with van der Waals surface area (Å²) in [7, 11) is 1.20. The molecule has 1 unspecified atom stereocenters. The summed E-state index contributed by atoms with van der Waals surface area (Å²) >= 11 is 0. The second-order valence-corrected chi connectivity index (χ2v) is 7.82. The number of nitrogens with one attached hydrogen (secondary N) is 2. The van der Waals surface area contributed by atoms with Gasteiger partial charge in [0.05, 0.1) is 11.5 Å². The molecule has 0 aliphatic carbocycles. The van der Waals surface area contributed by atoms with E-state index in [1.165, 1.54) is 0 Å². The first-order chi connectivity index (χ1) is 9.94. The number of hydrogen-bond donors (Lipinski definition) is 2. The van der Waals surface area contributed by atoms with Crippen molar-refractivity contribution >= 4 is 21.6 Å². The van der Waals surface area contributed by atoms with Crippen molar-refractivity contribution < 1.29 is 8.42 Å². The molecule has 1 aromatic rings. The molecule has 0 bridgehead atoms. The summed E-state index contributed by atoms with van der Waals surface area (Å²) < 4.78 is 22.9. The van der Waals surface area contributed by atoms with E-state index in [0.29, 0.717) is 12.4 Å². The molecule has 1 aromatic heterocycles. The normalized spacial score (nSPS) is 20.6. The van der Waals surface area contributed by atoms with Crippen LogP contribution in [0.4, 0.5) is 11.8 Å². The second kappa shape index (κ2) is 7.04. The van der Waals surface area contributed by atoms with Gasteiger partial charge in [-0.1, -0.05) is 0 Å². The Morgan fingerprint density at radius 2 is 2.24 bits per heavy atom. The van der Waals surface area contributed by atoms with Gasteiger partial charge in [-0.05, 0) is 39.5 Å². The van der Waals surface area contributed by atoms with E-state index < -0.39 is 9.84 Å². The number of hydrogen-bond acceptors (Lipinski definition) is 7. The Kier molecular flexibility index (Phi) is 5.35. The fourth-order valence-electron chi connectivity index (χ4n) is 2.23. The average molecular weight is 313 g/mol. The van der Waals surface area contributed by atoms with Gasteiger partial charge in [0.15, 0.2) is 9.84 Å². The van der Waals surface area contributed by atoms with Gasteiger partial charge >= 0.3 is 0 Å². The van der Waals surface area contributed by atoms with Gasteiger partial charge in [0.2, 0.25) is 5.95 Å². The van der Waals surface area contributed by atoms with Gasteiger partial charge in [0.1, 0.15) is 5.82 Å². The van der Waals surface area contributed by atoms with Crippen molar-refractivity contribution in [3.05, 3.63) is 12.3 Å². The molecule has 0 spiro atoms. The van der Waals surface area contributed by atoms with Crippen LogP contribution in [0.25, 0.3) is 0 Å². The van der Waals surface area contributed by atoms with E-state index in [9.17, 15) is 8.42 Å². The third-order valence-electron chi connectivity index (χ3n) is 3.31. The topological polar surface area (TPSA) is 87.2 Å². The van der Waals surface area contributed by atoms with E-state index in [-0.39, 0.29) is 17.5 Å². The Labute approximate surface area is 126 Å². The summed E-state index contributed by atoms with van der Waals surface area (Å²) in [5, 5.41) is 6.34. The third kappa shape index (κ3) is 5.47. The molecule has 2 heterocycles. The van der Waals surface area contributed by atoms with Crippen molar-refractivity contribution in [1.82, 2.24) is 14.9 Å². The van der Waals surface area contributed by atoms with Crippen LogP contribution >= 0.6 is 0 Å². The van der Waals surface area contributed by atoms with Crippen LogP contribution in [-0.4, -0.2) is 68.0 Å². The monoisotopic (exact) mass is 313 g/mol. The van der Waals surface area contributed by atoms with Crippen molar-refractivity contribution in [1.29, 1.82) is 0 Å². The Morgan fingerprint density at radius 3 is 2.90 bits per heavy atom. The van der Waals surface area contributed by atoms with E-state index in [0.717, 1.165) is 25.3 Å². The number of anilines is 2. The summed E-state index contributed by atoms with van der Waals surface area (Å²) in [5.74, 6) is 1.64. The molecule has 2 N–H and O–H groups in total. The van der Waals surface area contributed by atoms with Gasteiger partial charge < -0.3 is 15.5 Å². The highest BCUT2D eigenvalue weighted by atomic mass is 32.2. The van der Waals surface area contributed by atoms with Crippen LogP contribution in [0.2, 0.25) is 0 Å². The first-order valence-corrected chi connectivity index (χ1v) is 8.95. The molecule has 8 heteroatoms. The molecule has 0 saturated carbocycles. The van der Waals surface area contributed by atoms with Crippen LogP contribution in [0.1, 0.15) is 12.8 Å². The minimum Gasteiger partial charge on any atom is -0.370 e. The van der Waals surface area contributed by atoms with Crippen LogP contribution in [0.3, 0.4) is 0 Å². The highest BCUT2D eigenvalue weighted by Gasteiger charge is 2.28. The van der Waals surface area contributed by atoms with Crippen LogP contribution in [0.5, 0.6) is 0 Å². The summed E-state index contributed by atoms with van der Waals surface area (Å²) in [6.07, 6.45) is 3.32. The van der Waals surface area contributed by atoms with Gasteiger partial charge in [-0.25, -0.2) is 13.4 Å². The lowest BCUT2D eigenvalue weighted by molar-refractivity contribution is 0.405. The maximum Gasteiger partial charge on any atom is 0.224 e. The Bertz CT molecular complexity index is 561. The largest absolute Gasteiger partial charge is 0.370 e. The maximum absolute atomic E-state index is 11.4. The molecule has 2 rings (SSSR count). The van der Waals surface area contributed by atoms with Gasteiger partial charge in [0.25, 0.3) is 0 Å². The Morgan fingerprint density at radius 1 is 1.43 bits per heavy atom. The lowest BCUT2D eigenvalue weighted by Gasteiger charge is -2.13. The number of sulfone groups is 1. The quantitative estimate of drug-likeness (QED) is 0.706. The molecular weight excluding hydrogens is 290 g/mol. The molecule has 0 radical (unpaired) electrons. The summed E-state index contributed by atoms with van der Waals surface area (Å²) in [4.78, 5) is 10.6. The fourth-order valence-corrected chi connectivity index (χ4v) is 3.90. The van der Waals surface area contributed by atoms with E-state index in [1.807, 2.05) is 20.2 Å². The summed E-state index contributed by atoms with van der Waals surface area (Å²) in [5.41, 5.74) is 0. The Balaban J connectivity index is 1.83. The van der Waals surface area contributed by atoms with E-state index in [1.54, 1.807) is 6.20 Å². The van der Waals surface area contributed by atoms with Crippen LogP contribution in [0, 0.1) is 0 Å². The number of aromatic nitrogens is 2. The molecule has 1 aliphatic rings. The zero-order valence-electron chi connectivity index (χ0n) is 12.5. The van der Waals surface area contributed by atoms with Crippen molar-refractivity contribution in [2.75, 3.05) is 49.3 Å². The molecular formula is C13H23N5O2S. The molecule has 1 atom stereocenters. The first kappa shape index (κ1) is 16.0. The van der Waals surface area contributed by atoms with Crippen LogP contribution < -0.4 is 10.6 Å². The van der Waals surface area contributed by atoms with E-state index in [4.69, 9.17) is 0 Å². The molecule has 0 aromatic carbocycles. The smallest absolute Gasteiger partial charge is 0.224 e. The summed E-state index contributed by atoms with van der Waals surface area (Å²) in [6.45, 7) is 1.86. The molecule has 118 valence electrons. The molecule has 21 heavy (non-hydrogen) atoms. The SMILES string of the molecule is CN(C)CCCNc1ccnc(NC2CCS(=O)(=O)C2)n1. The average Bonchev–Trinajstić information content (AvgIpc) is 2.74. The molecule has 1 aliphatic heterocycles. The predicted octanol–water partition coefficient (Wildman–Crippen LogP) is 0.439. The van der Waals surface area contributed by atoms with Gasteiger partial charge in [-0.2, -0.15) is 4.98 Å². The first-order valence-electron chi connectivity index (χ1n) is 7.13. The number of rotatable bonds is 7. The molecule has 0 amide bonds. The highest BCUT2D eigenvalue weighted by Crippen LogP contribution is 2.15. The van der Waals surface area contributed by atoms with Gasteiger partial charge in [-0.3, -0.25) is 0 Å². The highest BCUT2D eigenvalue weighted by molar-refractivity contribution is 7.91. The summed E-state index contributed by atoms with van der Waals surface area (Å²) in [6, 6.07) is 1.73. The van der Waals surface area contributed by atoms with Crippen molar-refractivity contribution in [3.8, 4) is 0 Å². The van der Waals surface area contributed by atoms with Gasteiger partial charge in [0, 0.05) is 18.8 Å². The van der Waals surface area contributed by atoms with E-state index in [2.05, 4.69) is 25.5 Å². The zero-order chi connectivity index (χ0) is 15.3. The van der Waals surface area contributed by atoms with Gasteiger partial charge in [-0.15, -0.1) is 0 Å². The second-order valence-electron chi connectivity index (χ2n) is 5.59. The number of nitrogens with zero attached hydrogens (tertiary/aromatic N) is 3. The predicted molar refractivity (Wildman–Crippen MR) is 84.4 cm³/mol. The van der Waals surface area contributed by atoms with Crippen molar-refractivity contribution in [3.63, 3.8) is 0 Å². The minimum atomic E-state index is -2.89. The third-order valence-corrected chi connectivity index (χ3v) is 5.08. The maximum atomic E-state index is 11.4. The minimum absolute atomic E-state index is 0.0843. The van der Waals surface area contributed by atoms with Crippen molar-refractivity contribution in [2.45, 2.75) is 18.9 Å². The molecule has 7 nitrogen and oxygen atoms in total. The lowest BCUT2D eigenvalue weighted by atomic mass is 10.3. The van der Waals surface area contributed by atoms with Crippen LogP contribution in [-0.2, 0) is 9.84 Å².